The number of nitrogens with two attached hydrogens (primary N) is 1. The number of benzene rings is 1. The number of hydrogen-bond donors (Lipinski definition) is 1. The van der Waals surface area contributed by atoms with Gasteiger partial charge in [-0.1, -0.05) is 44.2 Å². The lowest BCUT2D eigenvalue weighted by molar-refractivity contribution is 0.0988. The Morgan fingerprint density at radius 1 is 1.21 bits per heavy atom. The zero-order valence-electron chi connectivity index (χ0n) is 8.69. The average molecular weight is 216 g/mol. The van der Waals surface area contributed by atoms with Gasteiger partial charge in [0.2, 0.25) is 0 Å². The van der Waals surface area contributed by atoms with E-state index in [1.807, 2.05) is 44.2 Å². The average Bonchev–Trinajstić information content (AvgIpc) is 2.19. The number of hydrogen-bond acceptors (Lipinski definition) is 2. The second-order valence-corrected chi connectivity index (χ2v) is 2.55. The summed E-state index contributed by atoms with van der Waals surface area (Å²) in [5, 5.41) is 0. The number of halogens is 1. The first-order valence-corrected chi connectivity index (χ1v) is 4.54. The zero-order chi connectivity index (χ0) is 10.1. The normalized spacial score (nSPS) is 7.93. The van der Waals surface area contributed by atoms with Crippen LogP contribution in [0.4, 0.5) is 0 Å². The van der Waals surface area contributed by atoms with E-state index in [2.05, 4.69) is 0 Å². The molecule has 2 nitrogen and oxygen atoms in total. The number of rotatable bonds is 2. The van der Waals surface area contributed by atoms with Gasteiger partial charge in [0.05, 0.1) is 0 Å². The molecule has 2 N–H and O–H groups in total. The van der Waals surface area contributed by atoms with Gasteiger partial charge in [0, 0.05) is 12.0 Å². The maximum atomic E-state index is 11.0. The molecule has 80 valence electrons. The summed E-state index contributed by atoms with van der Waals surface area (Å²) in [5.74, 6) is 0.209. The molecular formula is C11H18ClNO. The Bertz CT molecular complexity index is 236. The van der Waals surface area contributed by atoms with Gasteiger partial charge in [-0.05, 0) is 6.54 Å². The van der Waals surface area contributed by atoms with Crippen LogP contribution in [-0.2, 0) is 0 Å². The molecule has 3 heteroatoms. The quantitative estimate of drug-likeness (QED) is 0.771. The summed E-state index contributed by atoms with van der Waals surface area (Å²) in [6.45, 7) is 4.52. The molecule has 0 fully saturated rings. The Hall–Kier alpha value is -0.860. The van der Waals surface area contributed by atoms with Gasteiger partial charge in [-0.2, -0.15) is 0 Å². The summed E-state index contributed by atoms with van der Waals surface area (Å²) >= 11 is 0. The third kappa shape index (κ3) is 6.63. The third-order valence-corrected chi connectivity index (χ3v) is 1.42. The van der Waals surface area contributed by atoms with E-state index < -0.39 is 0 Å². The second-order valence-electron chi connectivity index (χ2n) is 2.55. The maximum absolute atomic E-state index is 11.0. The van der Waals surface area contributed by atoms with Crippen LogP contribution in [0.1, 0.15) is 30.6 Å². The van der Waals surface area contributed by atoms with Crippen LogP contribution in [0.15, 0.2) is 30.3 Å². The lowest BCUT2D eigenvalue weighted by atomic mass is 10.1. The van der Waals surface area contributed by atoms with E-state index in [-0.39, 0.29) is 18.2 Å². The van der Waals surface area contributed by atoms with Crippen molar-refractivity contribution in [1.29, 1.82) is 0 Å². The fourth-order valence-electron chi connectivity index (χ4n) is 0.828. The highest BCUT2D eigenvalue weighted by Crippen LogP contribution is 2.01. The predicted molar refractivity (Wildman–Crippen MR) is 63.0 cm³/mol. The molecular weight excluding hydrogens is 198 g/mol. The molecule has 0 unspecified atom stereocenters. The summed E-state index contributed by atoms with van der Waals surface area (Å²) < 4.78 is 0. The van der Waals surface area contributed by atoms with E-state index in [0.29, 0.717) is 6.42 Å². The van der Waals surface area contributed by atoms with Crippen molar-refractivity contribution in [2.45, 2.75) is 20.3 Å². The Kier molecular flexibility index (Phi) is 11.4. The molecule has 0 radical (unpaired) electrons. The minimum atomic E-state index is 0. The smallest absolute Gasteiger partial charge is 0.162 e. The molecule has 0 heterocycles. The molecule has 0 amide bonds. The molecule has 0 aromatic heterocycles. The highest BCUT2D eigenvalue weighted by molar-refractivity contribution is 5.95. The topological polar surface area (TPSA) is 43.1 Å². The summed E-state index contributed by atoms with van der Waals surface area (Å²) in [7, 11) is 0. The number of Topliss-reactive ketones (excluding diaryl/α,β-unsaturated/α-hetero) is 1. The first-order valence-electron chi connectivity index (χ1n) is 4.54. The number of carbonyl (C=O) groups is 1. The maximum Gasteiger partial charge on any atom is 0.162 e. The van der Waals surface area contributed by atoms with Crippen molar-refractivity contribution in [2.24, 2.45) is 5.73 Å². The van der Waals surface area contributed by atoms with Crippen LogP contribution in [0.5, 0.6) is 0 Å². The first-order chi connectivity index (χ1) is 6.26. The Labute approximate surface area is 91.9 Å². The Morgan fingerprint density at radius 3 is 2.00 bits per heavy atom. The standard InChI is InChI=1S/C9H10O.C2H7N.ClH/c1-2-9(10)8-6-4-3-5-7-8;1-2-3;/h3-7H,2H2,1H3;2-3H2,1H3;1H. The molecule has 14 heavy (non-hydrogen) atoms. The van der Waals surface area contributed by atoms with Crippen LogP contribution in [0.25, 0.3) is 0 Å². The third-order valence-electron chi connectivity index (χ3n) is 1.42. The highest BCUT2D eigenvalue weighted by atomic mass is 35.5. The zero-order valence-corrected chi connectivity index (χ0v) is 9.51. The molecule has 0 spiro atoms. The summed E-state index contributed by atoms with van der Waals surface area (Å²) in [5.41, 5.74) is 5.66. The van der Waals surface area contributed by atoms with Crippen LogP contribution in [0.2, 0.25) is 0 Å². The van der Waals surface area contributed by atoms with E-state index in [1.54, 1.807) is 0 Å². The SMILES string of the molecule is CCC(=O)c1ccccc1.CCN.Cl. The van der Waals surface area contributed by atoms with Gasteiger partial charge in [0.25, 0.3) is 0 Å². The molecule has 0 atom stereocenters. The van der Waals surface area contributed by atoms with E-state index in [1.165, 1.54) is 0 Å². The van der Waals surface area contributed by atoms with Crippen LogP contribution in [0.3, 0.4) is 0 Å². The first kappa shape index (κ1) is 15.6. The van der Waals surface area contributed by atoms with Gasteiger partial charge in [0.1, 0.15) is 0 Å². The molecule has 0 saturated heterocycles. The van der Waals surface area contributed by atoms with Crippen LogP contribution in [-0.4, -0.2) is 12.3 Å². The molecule has 0 saturated carbocycles. The largest absolute Gasteiger partial charge is 0.331 e. The van der Waals surface area contributed by atoms with Gasteiger partial charge in [0.15, 0.2) is 5.78 Å². The van der Waals surface area contributed by atoms with Crippen molar-refractivity contribution in [1.82, 2.24) is 0 Å². The molecule has 0 bridgehead atoms. The van der Waals surface area contributed by atoms with Crippen molar-refractivity contribution in [3.63, 3.8) is 0 Å². The van der Waals surface area contributed by atoms with Crippen molar-refractivity contribution >= 4 is 18.2 Å². The molecule has 0 aliphatic heterocycles. The summed E-state index contributed by atoms with van der Waals surface area (Å²) in [6, 6.07) is 9.34. The van der Waals surface area contributed by atoms with E-state index in [4.69, 9.17) is 5.73 Å². The molecule has 1 rings (SSSR count). The van der Waals surface area contributed by atoms with Crippen molar-refractivity contribution in [3.8, 4) is 0 Å². The minimum Gasteiger partial charge on any atom is -0.331 e. The van der Waals surface area contributed by atoms with Crippen molar-refractivity contribution < 1.29 is 4.79 Å². The van der Waals surface area contributed by atoms with E-state index in [0.717, 1.165) is 12.1 Å². The monoisotopic (exact) mass is 215 g/mol. The summed E-state index contributed by atoms with van der Waals surface area (Å²) in [4.78, 5) is 11.0. The van der Waals surface area contributed by atoms with Gasteiger partial charge < -0.3 is 5.73 Å². The van der Waals surface area contributed by atoms with E-state index in [9.17, 15) is 4.79 Å². The van der Waals surface area contributed by atoms with Crippen molar-refractivity contribution in [2.75, 3.05) is 6.54 Å². The second kappa shape index (κ2) is 10.2. The lowest BCUT2D eigenvalue weighted by Crippen LogP contribution is -1.94. The predicted octanol–water partition coefficient (Wildman–Crippen LogP) is 2.67. The molecule has 1 aromatic carbocycles. The van der Waals surface area contributed by atoms with Crippen LogP contribution >= 0.6 is 12.4 Å². The molecule has 1 aromatic rings. The molecule has 0 aliphatic rings. The lowest BCUT2D eigenvalue weighted by Gasteiger charge is -1.93. The van der Waals surface area contributed by atoms with Gasteiger partial charge >= 0.3 is 0 Å². The Balaban J connectivity index is 0. The minimum absolute atomic E-state index is 0. The van der Waals surface area contributed by atoms with Crippen molar-refractivity contribution in [3.05, 3.63) is 35.9 Å². The number of carbonyl (C=O) groups excluding carboxylic acids is 1. The van der Waals surface area contributed by atoms with Gasteiger partial charge in [-0.25, -0.2) is 0 Å². The van der Waals surface area contributed by atoms with Crippen LogP contribution in [0, 0.1) is 0 Å². The highest BCUT2D eigenvalue weighted by Gasteiger charge is 1.98. The summed E-state index contributed by atoms with van der Waals surface area (Å²) in [6.07, 6.45) is 0.587. The fraction of sp³-hybridized carbons (Fsp3) is 0.364. The number of ketones is 1. The molecule has 0 aliphatic carbocycles. The Morgan fingerprint density at radius 2 is 1.64 bits per heavy atom. The van der Waals surface area contributed by atoms with Gasteiger partial charge in [-0.3, -0.25) is 4.79 Å². The van der Waals surface area contributed by atoms with E-state index >= 15 is 0 Å². The van der Waals surface area contributed by atoms with Gasteiger partial charge in [-0.15, -0.1) is 12.4 Å². The fourth-order valence-corrected chi connectivity index (χ4v) is 0.828. The van der Waals surface area contributed by atoms with Crippen LogP contribution < -0.4 is 5.73 Å².